The van der Waals surface area contributed by atoms with Crippen LogP contribution in [-0.2, 0) is 9.59 Å². The van der Waals surface area contributed by atoms with Gasteiger partial charge in [0.1, 0.15) is 0 Å². The molecule has 0 atom stereocenters. The first kappa shape index (κ1) is 22.6. The van der Waals surface area contributed by atoms with E-state index in [0.717, 1.165) is 0 Å². The third-order valence-corrected chi connectivity index (χ3v) is 4.50. The van der Waals surface area contributed by atoms with E-state index in [1.54, 1.807) is 36.4 Å². The first-order valence-corrected chi connectivity index (χ1v) is 9.61. The lowest BCUT2D eigenvalue weighted by Crippen LogP contribution is -2.09. The molecule has 0 fully saturated rings. The van der Waals surface area contributed by atoms with Gasteiger partial charge in [0.2, 0.25) is 0 Å². The molecule has 0 radical (unpaired) electrons. The molecule has 3 aromatic carbocycles. The standard InChI is InChI=1S/C26H20F2O4/c1-15(2)25(29)31-23-10-8-19(13-21(23)27)17-6-5-7-18(12-17)20-9-11-24(22(28)14-20)32-26(30)16(3)4/h5-14H,1,3H2,2,4H3. The summed E-state index contributed by atoms with van der Waals surface area (Å²) in [7, 11) is 0. The number of carbonyl (C=O) groups is 2. The predicted molar refractivity (Wildman–Crippen MR) is 118 cm³/mol. The molecular weight excluding hydrogens is 414 g/mol. The maximum atomic E-state index is 14.4. The van der Waals surface area contributed by atoms with E-state index in [2.05, 4.69) is 13.2 Å². The largest absolute Gasteiger partial charge is 0.420 e. The van der Waals surface area contributed by atoms with Crippen molar-refractivity contribution < 1.29 is 27.8 Å². The molecule has 32 heavy (non-hydrogen) atoms. The van der Waals surface area contributed by atoms with Crippen LogP contribution in [0.3, 0.4) is 0 Å². The Morgan fingerprint density at radius 1 is 0.656 bits per heavy atom. The minimum absolute atomic E-state index is 0.161. The average Bonchev–Trinajstić information content (AvgIpc) is 2.76. The van der Waals surface area contributed by atoms with Crippen molar-refractivity contribution >= 4 is 11.9 Å². The lowest BCUT2D eigenvalue weighted by molar-refractivity contribution is -0.131. The number of halogens is 2. The summed E-state index contributed by atoms with van der Waals surface area (Å²) in [5, 5.41) is 0. The lowest BCUT2D eigenvalue weighted by atomic mass is 9.99. The van der Waals surface area contributed by atoms with Crippen molar-refractivity contribution in [1.29, 1.82) is 0 Å². The van der Waals surface area contributed by atoms with E-state index in [0.29, 0.717) is 22.3 Å². The fourth-order valence-electron chi connectivity index (χ4n) is 2.78. The van der Waals surface area contributed by atoms with E-state index in [1.807, 2.05) is 0 Å². The Bertz CT molecular complexity index is 1150. The van der Waals surface area contributed by atoms with Crippen molar-refractivity contribution in [3.05, 3.63) is 96.6 Å². The first-order valence-electron chi connectivity index (χ1n) is 9.61. The van der Waals surface area contributed by atoms with Crippen LogP contribution < -0.4 is 9.47 Å². The van der Waals surface area contributed by atoms with E-state index < -0.39 is 23.6 Å². The molecule has 0 spiro atoms. The molecule has 0 unspecified atom stereocenters. The Hall–Kier alpha value is -4.06. The van der Waals surface area contributed by atoms with Gasteiger partial charge in [0.05, 0.1) is 0 Å². The van der Waals surface area contributed by atoms with Crippen molar-refractivity contribution in [3.8, 4) is 33.8 Å². The molecule has 0 saturated carbocycles. The van der Waals surface area contributed by atoms with Crippen molar-refractivity contribution in [2.75, 3.05) is 0 Å². The number of ether oxygens (including phenoxy) is 2. The van der Waals surface area contributed by atoms with Crippen molar-refractivity contribution in [3.63, 3.8) is 0 Å². The molecule has 0 saturated heterocycles. The zero-order valence-corrected chi connectivity index (χ0v) is 17.6. The van der Waals surface area contributed by atoms with Crippen LogP contribution in [0.5, 0.6) is 11.5 Å². The molecule has 4 nitrogen and oxygen atoms in total. The SMILES string of the molecule is C=C(C)C(=O)Oc1ccc(-c2cccc(-c3ccc(OC(=O)C(=C)C)c(F)c3)c2)cc1F. The quantitative estimate of drug-likeness (QED) is 0.261. The second-order valence-electron chi connectivity index (χ2n) is 7.21. The highest BCUT2D eigenvalue weighted by Gasteiger charge is 2.14. The number of carbonyl (C=O) groups excluding carboxylic acids is 2. The molecule has 0 aliphatic heterocycles. The second-order valence-corrected chi connectivity index (χ2v) is 7.21. The van der Waals surface area contributed by atoms with Crippen LogP contribution in [0.2, 0.25) is 0 Å². The Labute approximate surface area is 184 Å². The van der Waals surface area contributed by atoms with Crippen LogP contribution in [-0.4, -0.2) is 11.9 Å². The number of hydrogen-bond acceptors (Lipinski definition) is 4. The van der Waals surface area contributed by atoms with Gasteiger partial charge in [-0.2, -0.15) is 0 Å². The molecule has 6 heteroatoms. The second kappa shape index (κ2) is 9.39. The minimum Gasteiger partial charge on any atom is -0.420 e. The highest BCUT2D eigenvalue weighted by molar-refractivity contribution is 5.89. The van der Waals surface area contributed by atoms with Crippen LogP contribution in [0.4, 0.5) is 8.78 Å². The number of esters is 2. The van der Waals surface area contributed by atoms with E-state index in [-0.39, 0.29) is 22.6 Å². The maximum absolute atomic E-state index is 14.4. The van der Waals surface area contributed by atoms with Gasteiger partial charge in [-0.05, 0) is 66.4 Å². The summed E-state index contributed by atoms with van der Waals surface area (Å²) in [6.07, 6.45) is 0. The zero-order chi connectivity index (χ0) is 23.4. The van der Waals surface area contributed by atoms with Crippen molar-refractivity contribution in [2.45, 2.75) is 13.8 Å². The fourth-order valence-corrected chi connectivity index (χ4v) is 2.78. The van der Waals surface area contributed by atoms with Gasteiger partial charge in [0, 0.05) is 11.1 Å². The van der Waals surface area contributed by atoms with Crippen LogP contribution in [0.1, 0.15) is 13.8 Å². The van der Waals surface area contributed by atoms with E-state index >= 15 is 0 Å². The van der Waals surface area contributed by atoms with Gasteiger partial charge in [0.25, 0.3) is 0 Å². The van der Waals surface area contributed by atoms with Crippen LogP contribution in [0.15, 0.2) is 85.0 Å². The highest BCUT2D eigenvalue weighted by Crippen LogP contribution is 2.31. The molecular formula is C26H20F2O4. The molecule has 0 N–H and O–H groups in total. The van der Waals surface area contributed by atoms with Gasteiger partial charge in [-0.15, -0.1) is 0 Å². The van der Waals surface area contributed by atoms with Crippen molar-refractivity contribution in [1.82, 2.24) is 0 Å². The van der Waals surface area contributed by atoms with Gasteiger partial charge in [-0.25, -0.2) is 18.4 Å². The van der Waals surface area contributed by atoms with Gasteiger partial charge < -0.3 is 9.47 Å². The predicted octanol–water partition coefficient (Wildman–Crippen LogP) is 6.26. The highest BCUT2D eigenvalue weighted by atomic mass is 19.1. The molecule has 0 heterocycles. The van der Waals surface area contributed by atoms with Gasteiger partial charge in [-0.1, -0.05) is 43.5 Å². The third-order valence-electron chi connectivity index (χ3n) is 4.50. The Morgan fingerprint density at radius 2 is 1.03 bits per heavy atom. The summed E-state index contributed by atoms with van der Waals surface area (Å²) >= 11 is 0. The first-order chi connectivity index (χ1) is 15.2. The fraction of sp³-hybridized carbons (Fsp3) is 0.0769. The molecule has 162 valence electrons. The van der Waals surface area contributed by atoms with Crippen molar-refractivity contribution in [2.24, 2.45) is 0 Å². The smallest absolute Gasteiger partial charge is 0.338 e. The monoisotopic (exact) mass is 434 g/mol. The summed E-state index contributed by atoms with van der Waals surface area (Å²) in [6, 6.07) is 15.5. The van der Waals surface area contributed by atoms with Crippen LogP contribution >= 0.6 is 0 Å². The minimum atomic E-state index is -0.710. The molecule has 0 bridgehead atoms. The third kappa shape index (κ3) is 5.16. The summed E-state index contributed by atoms with van der Waals surface area (Å²) in [5.74, 6) is -3.20. The normalized spacial score (nSPS) is 10.4. The maximum Gasteiger partial charge on any atom is 0.338 e. The average molecular weight is 434 g/mol. The number of hydrogen-bond donors (Lipinski definition) is 0. The number of benzene rings is 3. The number of rotatable bonds is 6. The molecule has 0 aliphatic carbocycles. The Morgan fingerprint density at radius 3 is 1.38 bits per heavy atom. The Kier molecular flexibility index (Phi) is 6.64. The van der Waals surface area contributed by atoms with Crippen LogP contribution in [0.25, 0.3) is 22.3 Å². The summed E-state index contributed by atoms with van der Waals surface area (Å²) < 4.78 is 38.8. The van der Waals surface area contributed by atoms with Gasteiger partial charge in [0.15, 0.2) is 23.1 Å². The lowest BCUT2D eigenvalue weighted by Gasteiger charge is -2.10. The van der Waals surface area contributed by atoms with Gasteiger partial charge in [-0.3, -0.25) is 0 Å². The van der Waals surface area contributed by atoms with E-state index in [4.69, 9.17) is 9.47 Å². The van der Waals surface area contributed by atoms with E-state index in [1.165, 1.54) is 38.1 Å². The zero-order valence-electron chi connectivity index (χ0n) is 17.6. The summed E-state index contributed by atoms with van der Waals surface area (Å²) in [5.41, 5.74) is 2.77. The molecule has 0 amide bonds. The Balaban J connectivity index is 1.87. The van der Waals surface area contributed by atoms with E-state index in [9.17, 15) is 18.4 Å². The topological polar surface area (TPSA) is 52.6 Å². The summed E-state index contributed by atoms with van der Waals surface area (Å²) in [4.78, 5) is 23.2. The molecule has 3 aromatic rings. The molecule has 0 aliphatic rings. The van der Waals surface area contributed by atoms with Gasteiger partial charge >= 0.3 is 11.9 Å². The van der Waals surface area contributed by atoms with Crippen LogP contribution in [0, 0.1) is 11.6 Å². The summed E-state index contributed by atoms with van der Waals surface area (Å²) in [6.45, 7) is 9.88. The molecule has 0 aromatic heterocycles. The molecule has 3 rings (SSSR count).